The Morgan fingerprint density at radius 2 is 2.00 bits per heavy atom. The van der Waals surface area contributed by atoms with Gasteiger partial charge in [0, 0.05) is 25.5 Å². The summed E-state index contributed by atoms with van der Waals surface area (Å²) < 4.78 is 0. The van der Waals surface area contributed by atoms with Gasteiger partial charge in [-0.2, -0.15) is 0 Å². The minimum absolute atomic E-state index is 0.0464. The number of hydrogen-bond donors (Lipinski definition) is 0. The summed E-state index contributed by atoms with van der Waals surface area (Å²) in [6, 6.07) is 12.0. The molecule has 0 fully saturated rings. The smallest absolute Gasteiger partial charge is 0.255 e. The predicted molar refractivity (Wildman–Crippen MR) is 90.6 cm³/mol. The molecule has 0 radical (unpaired) electrons. The van der Waals surface area contributed by atoms with Crippen LogP contribution in [0.3, 0.4) is 0 Å². The lowest BCUT2D eigenvalue weighted by Gasteiger charge is -2.21. The highest BCUT2D eigenvalue weighted by molar-refractivity contribution is 5.95. The highest BCUT2D eigenvalue weighted by Crippen LogP contribution is 2.10. The molecule has 0 N–H and O–H groups in total. The van der Waals surface area contributed by atoms with E-state index in [9.17, 15) is 4.79 Å². The average Bonchev–Trinajstić information content (AvgIpc) is 2.55. The summed E-state index contributed by atoms with van der Waals surface area (Å²) in [7, 11) is 0. The topological polar surface area (TPSA) is 33.2 Å². The van der Waals surface area contributed by atoms with Crippen molar-refractivity contribution in [2.24, 2.45) is 0 Å². The first-order valence-electron chi connectivity index (χ1n) is 7.64. The fourth-order valence-electron chi connectivity index (χ4n) is 2.28. The standard InChI is InChI=1S/C19H22N2O/c1-3-13-21(14-7-10-17-8-5-4-6-9-17)19(22)18-15-20-12-11-16(18)2/h4-12,15H,3,13-14H2,1-2H3/b10-7+. The Bertz CT molecular complexity index is 635. The van der Waals surface area contributed by atoms with E-state index in [1.807, 2.05) is 60.4 Å². The first kappa shape index (κ1) is 16.0. The molecule has 2 aromatic rings. The second-order valence-electron chi connectivity index (χ2n) is 5.25. The van der Waals surface area contributed by atoms with Crippen molar-refractivity contribution >= 4 is 12.0 Å². The van der Waals surface area contributed by atoms with Gasteiger partial charge in [-0.15, -0.1) is 0 Å². The largest absolute Gasteiger partial charge is 0.335 e. The fourth-order valence-corrected chi connectivity index (χ4v) is 2.28. The van der Waals surface area contributed by atoms with Crippen molar-refractivity contribution in [3.8, 4) is 0 Å². The van der Waals surface area contributed by atoms with Crippen molar-refractivity contribution in [2.45, 2.75) is 20.3 Å². The number of rotatable bonds is 6. The molecule has 0 saturated heterocycles. The Kier molecular flexibility index (Phi) is 5.90. The molecule has 0 bridgehead atoms. The van der Waals surface area contributed by atoms with Crippen LogP contribution >= 0.6 is 0 Å². The summed E-state index contributed by atoms with van der Waals surface area (Å²) in [5.74, 6) is 0.0464. The third-order valence-electron chi connectivity index (χ3n) is 3.49. The van der Waals surface area contributed by atoms with Crippen molar-refractivity contribution in [1.29, 1.82) is 0 Å². The molecular formula is C19H22N2O. The zero-order valence-electron chi connectivity index (χ0n) is 13.2. The molecule has 114 valence electrons. The highest BCUT2D eigenvalue weighted by Gasteiger charge is 2.15. The molecule has 2 rings (SSSR count). The van der Waals surface area contributed by atoms with Crippen LogP contribution in [0.25, 0.3) is 6.08 Å². The molecule has 1 aromatic carbocycles. The van der Waals surface area contributed by atoms with Gasteiger partial charge in [0.15, 0.2) is 0 Å². The number of nitrogens with zero attached hydrogens (tertiary/aromatic N) is 2. The minimum Gasteiger partial charge on any atom is -0.335 e. The maximum atomic E-state index is 12.7. The third kappa shape index (κ3) is 4.29. The van der Waals surface area contributed by atoms with Crippen LogP contribution in [0, 0.1) is 6.92 Å². The molecule has 1 heterocycles. The van der Waals surface area contributed by atoms with Gasteiger partial charge in [-0.05, 0) is 30.5 Å². The number of hydrogen-bond acceptors (Lipinski definition) is 2. The van der Waals surface area contributed by atoms with Crippen molar-refractivity contribution in [1.82, 2.24) is 9.88 Å². The monoisotopic (exact) mass is 294 g/mol. The molecular weight excluding hydrogens is 272 g/mol. The van der Waals surface area contributed by atoms with Crippen molar-refractivity contribution in [3.63, 3.8) is 0 Å². The van der Waals surface area contributed by atoms with Crippen LogP contribution < -0.4 is 0 Å². The van der Waals surface area contributed by atoms with Gasteiger partial charge >= 0.3 is 0 Å². The Morgan fingerprint density at radius 1 is 1.23 bits per heavy atom. The molecule has 0 atom stereocenters. The molecule has 0 saturated carbocycles. The van der Waals surface area contributed by atoms with Gasteiger partial charge in [-0.1, -0.05) is 49.4 Å². The van der Waals surface area contributed by atoms with Gasteiger partial charge in [-0.25, -0.2) is 0 Å². The summed E-state index contributed by atoms with van der Waals surface area (Å²) >= 11 is 0. The maximum Gasteiger partial charge on any atom is 0.255 e. The summed E-state index contributed by atoms with van der Waals surface area (Å²) in [6.45, 7) is 5.37. The lowest BCUT2D eigenvalue weighted by atomic mass is 10.1. The SMILES string of the molecule is CCCN(C/C=C/c1ccccc1)C(=O)c1cnccc1C. The van der Waals surface area contributed by atoms with Crippen LogP contribution in [0.15, 0.2) is 54.9 Å². The summed E-state index contributed by atoms with van der Waals surface area (Å²) in [4.78, 5) is 18.6. The van der Waals surface area contributed by atoms with Gasteiger partial charge in [0.1, 0.15) is 0 Å². The third-order valence-corrected chi connectivity index (χ3v) is 3.49. The zero-order chi connectivity index (χ0) is 15.8. The van der Waals surface area contributed by atoms with E-state index in [0.29, 0.717) is 12.1 Å². The van der Waals surface area contributed by atoms with Crippen molar-refractivity contribution < 1.29 is 4.79 Å². The van der Waals surface area contributed by atoms with Gasteiger partial charge in [0.05, 0.1) is 5.56 Å². The minimum atomic E-state index is 0.0464. The predicted octanol–water partition coefficient (Wildman–Crippen LogP) is 3.96. The van der Waals surface area contributed by atoms with E-state index in [-0.39, 0.29) is 5.91 Å². The lowest BCUT2D eigenvalue weighted by molar-refractivity contribution is 0.0773. The number of aromatic nitrogens is 1. The van der Waals surface area contributed by atoms with E-state index in [4.69, 9.17) is 0 Å². The van der Waals surface area contributed by atoms with Crippen LogP contribution in [0.4, 0.5) is 0 Å². The number of carbonyl (C=O) groups is 1. The Balaban J connectivity index is 2.08. The van der Waals surface area contributed by atoms with Crippen LogP contribution in [0.2, 0.25) is 0 Å². The molecule has 0 spiro atoms. The second kappa shape index (κ2) is 8.13. The first-order chi connectivity index (χ1) is 10.7. The lowest BCUT2D eigenvalue weighted by Crippen LogP contribution is -2.32. The normalized spacial score (nSPS) is 10.8. The number of amides is 1. The van der Waals surface area contributed by atoms with Crippen LogP contribution in [-0.4, -0.2) is 28.9 Å². The number of carbonyl (C=O) groups excluding carboxylic acids is 1. The fraction of sp³-hybridized carbons (Fsp3) is 0.263. The molecule has 0 aliphatic rings. The van der Waals surface area contributed by atoms with E-state index in [1.54, 1.807) is 12.4 Å². The summed E-state index contributed by atoms with van der Waals surface area (Å²) in [5.41, 5.74) is 2.79. The number of pyridine rings is 1. The van der Waals surface area contributed by atoms with Crippen molar-refractivity contribution in [3.05, 3.63) is 71.6 Å². The molecule has 0 aliphatic carbocycles. The summed E-state index contributed by atoms with van der Waals surface area (Å²) in [5, 5.41) is 0. The molecule has 0 unspecified atom stereocenters. The Labute approximate surface area is 132 Å². The van der Waals surface area contributed by atoms with E-state index in [0.717, 1.165) is 24.1 Å². The van der Waals surface area contributed by atoms with Gasteiger partial charge in [-0.3, -0.25) is 9.78 Å². The van der Waals surface area contributed by atoms with Crippen LogP contribution in [0.5, 0.6) is 0 Å². The molecule has 22 heavy (non-hydrogen) atoms. The summed E-state index contributed by atoms with van der Waals surface area (Å²) in [6.07, 6.45) is 8.39. The van der Waals surface area contributed by atoms with Gasteiger partial charge in [0.2, 0.25) is 0 Å². The molecule has 0 aliphatic heterocycles. The van der Waals surface area contributed by atoms with Crippen LogP contribution in [-0.2, 0) is 0 Å². The average molecular weight is 294 g/mol. The van der Waals surface area contributed by atoms with Gasteiger partial charge < -0.3 is 4.90 Å². The Morgan fingerprint density at radius 3 is 2.68 bits per heavy atom. The molecule has 3 nitrogen and oxygen atoms in total. The van der Waals surface area contributed by atoms with Crippen molar-refractivity contribution in [2.75, 3.05) is 13.1 Å². The van der Waals surface area contributed by atoms with E-state index >= 15 is 0 Å². The second-order valence-corrected chi connectivity index (χ2v) is 5.25. The van der Waals surface area contributed by atoms with E-state index in [1.165, 1.54) is 0 Å². The van der Waals surface area contributed by atoms with Crippen LogP contribution in [0.1, 0.15) is 34.8 Å². The number of benzene rings is 1. The maximum absolute atomic E-state index is 12.7. The molecule has 3 heteroatoms. The van der Waals surface area contributed by atoms with E-state index in [2.05, 4.69) is 11.9 Å². The molecule has 1 aromatic heterocycles. The molecule has 1 amide bonds. The number of aryl methyl sites for hydroxylation is 1. The van der Waals surface area contributed by atoms with Gasteiger partial charge in [0.25, 0.3) is 5.91 Å². The Hall–Kier alpha value is -2.42. The zero-order valence-corrected chi connectivity index (χ0v) is 13.2. The first-order valence-corrected chi connectivity index (χ1v) is 7.64. The quantitative estimate of drug-likeness (QED) is 0.808. The van der Waals surface area contributed by atoms with E-state index < -0.39 is 0 Å². The highest BCUT2D eigenvalue weighted by atomic mass is 16.2.